The predicted molar refractivity (Wildman–Crippen MR) is 68.3 cm³/mol. The van der Waals surface area contributed by atoms with Gasteiger partial charge in [-0.3, -0.25) is 4.79 Å². The molecule has 1 rings (SSSR count). The quantitative estimate of drug-likeness (QED) is 0.730. The number of urea groups is 1. The van der Waals surface area contributed by atoms with E-state index in [9.17, 15) is 9.59 Å². The second-order valence-corrected chi connectivity index (χ2v) is 5.23. The maximum Gasteiger partial charge on any atom is 0.317 e. The van der Waals surface area contributed by atoms with Gasteiger partial charge in [0, 0.05) is 19.1 Å². The van der Waals surface area contributed by atoms with E-state index in [1.165, 1.54) is 0 Å². The number of carbonyl (C=O) groups is 2. The van der Waals surface area contributed by atoms with Crippen LogP contribution < -0.4 is 5.32 Å². The molecule has 0 spiro atoms. The Morgan fingerprint density at radius 1 is 1.53 bits per heavy atom. The van der Waals surface area contributed by atoms with E-state index in [-0.39, 0.29) is 12.1 Å². The van der Waals surface area contributed by atoms with Crippen molar-refractivity contribution in [2.75, 3.05) is 25.1 Å². The minimum Gasteiger partial charge on any atom is -0.481 e. The Bertz CT molecular complexity index is 286. The molecular weight excluding hydrogens is 240 g/mol. The zero-order valence-corrected chi connectivity index (χ0v) is 11.1. The second kappa shape index (κ2) is 6.74. The van der Waals surface area contributed by atoms with Gasteiger partial charge in [0.15, 0.2) is 0 Å². The molecular formula is C11H20N2O3S. The lowest BCUT2D eigenvalue weighted by Gasteiger charge is -2.23. The molecule has 0 aliphatic carbocycles. The molecule has 1 aliphatic rings. The summed E-state index contributed by atoms with van der Waals surface area (Å²) >= 11 is 1.75. The molecule has 1 fully saturated rings. The van der Waals surface area contributed by atoms with Crippen LogP contribution in [0.25, 0.3) is 0 Å². The van der Waals surface area contributed by atoms with Crippen LogP contribution in [0.3, 0.4) is 0 Å². The summed E-state index contributed by atoms with van der Waals surface area (Å²) in [5, 5.41) is 11.8. The van der Waals surface area contributed by atoms with Crippen LogP contribution in [0.4, 0.5) is 4.79 Å². The van der Waals surface area contributed by atoms with Gasteiger partial charge in [-0.15, -0.1) is 0 Å². The van der Waals surface area contributed by atoms with E-state index in [0.29, 0.717) is 19.5 Å². The average Bonchev–Trinajstić information content (AvgIpc) is 2.66. The van der Waals surface area contributed by atoms with Gasteiger partial charge in [0.1, 0.15) is 0 Å². The van der Waals surface area contributed by atoms with Crippen molar-refractivity contribution in [3.63, 3.8) is 0 Å². The topological polar surface area (TPSA) is 69.6 Å². The van der Waals surface area contributed by atoms with Crippen LogP contribution >= 0.6 is 11.8 Å². The molecule has 2 amide bonds. The molecule has 0 aromatic rings. The van der Waals surface area contributed by atoms with Gasteiger partial charge in [0.05, 0.1) is 5.92 Å². The fourth-order valence-electron chi connectivity index (χ4n) is 2.07. The summed E-state index contributed by atoms with van der Waals surface area (Å²) in [6.07, 6.45) is 3.52. The van der Waals surface area contributed by atoms with E-state index in [1.807, 2.05) is 6.26 Å². The van der Waals surface area contributed by atoms with Crippen molar-refractivity contribution in [3.8, 4) is 0 Å². The number of hydrogen-bond donors (Lipinski definition) is 2. The summed E-state index contributed by atoms with van der Waals surface area (Å²) in [4.78, 5) is 24.3. The van der Waals surface area contributed by atoms with Crippen LogP contribution in [0.1, 0.15) is 19.8 Å². The van der Waals surface area contributed by atoms with Crippen molar-refractivity contribution in [3.05, 3.63) is 0 Å². The smallest absolute Gasteiger partial charge is 0.317 e. The Balaban J connectivity index is 2.35. The number of nitrogens with zero attached hydrogens (tertiary/aromatic N) is 1. The van der Waals surface area contributed by atoms with Gasteiger partial charge in [-0.1, -0.05) is 0 Å². The van der Waals surface area contributed by atoms with Crippen LogP contribution in [-0.2, 0) is 4.79 Å². The highest BCUT2D eigenvalue weighted by molar-refractivity contribution is 7.98. The number of carboxylic acid groups (broad SMARTS) is 1. The number of hydrogen-bond acceptors (Lipinski definition) is 3. The van der Waals surface area contributed by atoms with Crippen molar-refractivity contribution >= 4 is 23.8 Å². The van der Waals surface area contributed by atoms with E-state index in [2.05, 4.69) is 5.32 Å². The first-order chi connectivity index (χ1) is 8.07. The average molecular weight is 260 g/mol. The number of nitrogens with one attached hydrogen (secondary N) is 1. The van der Waals surface area contributed by atoms with Gasteiger partial charge in [-0.2, -0.15) is 11.8 Å². The Morgan fingerprint density at radius 3 is 2.76 bits per heavy atom. The second-order valence-electron chi connectivity index (χ2n) is 4.25. The van der Waals surface area contributed by atoms with Gasteiger partial charge in [-0.05, 0) is 31.8 Å². The molecule has 2 unspecified atom stereocenters. The number of likely N-dealkylation sites (tertiary alicyclic amines) is 1. The van der Waals surface area contributed by atoms with Gasteiger partial charge in [0.25, 0.3) is 0 Å². The first-order valence-electron chi connectivity index (χ1n) is 5.84. The van der Waals surface area contributed by atoms with E-state index in [4.69, 9.17) is 5.11 Å². The van der Waals surface area contributed by atoms with Gasteiger partial charge >= 0.3 is 12.0 Å². The van der Waals surface area contributed by atoms with E-state index in [1.54, 1.807) is 23.6 Å². The fraction of sp³-hybridized carbons (Fsp3) is 0.818. The predicted octanol–water partition coefficient (Wildman–Crippen LogP) is 1.24. The first kappa shape index (κ1) is 14.2. The maximum absolute atomic E-state index is 11.8. The van der Waals surface area contributed by atoms with Crippen LogP contribution in [0, 0.1) is 5.92 Å². The lowest BCUT2D eigenvalue weighted by atomic mass is 10.0. The monoisotopic (exact) mass is 260 g/mol. The molecule has 0 radical (unpaired) electrons. The summed E-state index contributed by atoms with van der Waals surface area (Å²) in [6, 6.07) is -0.351. The standard InChI is InChI=1S/C11H20N2O3S/c1-8-9(10(14)15)4-6-13(8)11(16)12-5-3-7-17-2/h8-9H,3-7H2,1-2H3,(H,12,16)(H,14,15). The maximum atomic E-state index is 11.8. The summed E-state index contributed by atoms with van der Waals surface area (Å²) in [6.45, 7) is 2.99. The summed E-state index contributed by atoms with van der Waals surface area (Å²) in [5.74, 6) is -0.213. The zero-order chi connectivity index (χ0) is 12.8. The summed E-state index contributed by atoms with van der Waals surface area (Å²) in [5.41, 5.74) is 0. The molecule has 1 saturated heterocycles. The molecule has 0 aromatic heterocycles. The summed E-state index contributed by atoms with van der Waals surface area (Å²) in [7, 11) is 0. The molecule has 0 saturated carbocycles. The molecule has 0 bridgehead atoms. The van der Waals surface area contributed by atoms with Crippen molar-refractivity contribution in [1.82, 2.24) is 10.2 Å². The van der Waals surface area contributed by atoms with Crippen molar-refractivity contribution in [1.29, 1.82) is 0 Å². The molecule has 17 heavy (non-hydrogen) atoms. The fourth-order valence-corrected chi connectivity index (χ4v) is 2.50. The molecule has 6 heteroatoms. The molecule has 2 atom stereocenters. The van der Waals surface area contributed by atoms with Gasteiger partial charge in [-0.25, -0.2) is 4.79 Å². The highest BCUT2D eigenvalue weighted by atomic mass is 32.2. The number of aliphatic carboxylic acids is 1. The number of carboxylic acids is 1. The van der Waals surface area contributed by atoms with E-state index in [0.717, 1.165) is 12.2 Å². The third-order valence-corrected chi connectivity index (χ3v) is 3.83. The molecule has 98 valence electrons. The summed E-state index contributed by atoms with van der Waals surface area (Å²) < 4.78 is 0. The van der Waals surface area contributed by atoms with E-state index >= 15 is 0 Å². The Kier molecular flexibility index (Phi) is 5.61. The van der Waals surface area contributed by atoms with Crippen LogP contribution in [0.15, 0.2) is 0 Å². The molecule has 1 aliphatic heterocycles. The van der Waals surface area contributed by atoms with Gasteiger partial charge in [0.2, 0.25) is 0 Å². The highest BCUT2D eigenvalue weighted by Gasteiger charge is 2.37. The van der Waals surface area contributed by atoms with Crippen molar-refractivity contribution in [2.24, 2.45) is 5.92 Å². The molecule has 2 N–H and O–H groups in total. The number of amides is 2. The van der Waals surface area contributed by atoms with Crippen molar-refractivity contribution < 1.29 is 14.7 Å². The lowest BCUT2D eigenvalue weighted by Crippen LogP contribution is -2.44. The third kappa shape index (κ3) is 3.80. The number of thioether (sulfide) groups is 1. The first-order valence-corrected chi connectivity index (χ1v) is 7.23. The third-order valence-electron chi connectivity index (χ3n) is 3.13. The zero-order valence-electron chi connectivity index (χ0n) is 10.3. The van der Waals surface area contributed by atoms with Crippen LogP contribution in [-0.4, -0.2) is 53.1 Å². The number of carbonyl (C=O) groups excluding carboxylic acids is 1. The Morgan fingerprint density at radius 2 is 2.24 bits per heavy atom. The van der Waals surface area contributed by atoms with Crippen LogP contribution in [0.2, 0.25) is 0 Å². The van der Waals surface area contributed by atoms with Crippen LogP contribution in [0.5, 0.6) is 0 Å². The molecule has 0 aromatic carbocycles. The van der Waals surface area contributed by atoms with Crippen molar-refractivity contribution in [2.45, 2.75) is 25.8 Å². The normalized spacial score (nSPS) is 23.8. The Hall–Kier alpha value is -0.910. The SMILES string of the molecule is CSCCCNC(=O)N1CCC(C(=O)O)C1C. The molecule has 5 nitrogen and oxygen atoms in total. The minimum atomic E-state index is -0.810. The minimum absolute atomic E-state index is 0.137. The van der Waals surface area contributed by atoms with Gasteiger partial charge < -0.3 is 15.3 Å². The Labute approximate surface area is 106 Å². The highest BCUT2D eigenvalue weighted by Crippen LogP contribution is 2.24. The lowest BCUT2D eigenvalue weighted by molar-refractivity contribution is -0.142. The largest absolute Gasteiger partial charge is 0.481 e. The number of rotatable bonds is 5. The van der Waals surface area contributed by atoms with E-state index < -0.39 is 11.9 Å². The molecule has 1 heterocycles.